The molecule has 7 aliphatic carbocycles. The molecule has 4 bridgehead atoms. The van der Waals surface area contributed by atoms with Gasteiger partial charge in [-0.05, 0) is 156 Å². The highest BCUT2D eigenvalue weighted by atomic mass is 16.7. The van der Waals surface area contributed by atoms with E-state index in [-0.39, 0.29) is 60.3 Å². The number of Topliss-reactive ketones (excluding diaryl/α,β-unsaturated/α-hetero) is 1. The second kappa shape index (κ2) is 18.0. The molecule has 78 heavy (non-hydrogen) atoms. The summed E-state index contributed by atoms with van der Waals surface area (Å²) in [6.07, 6.45) is 17.6. The quantitative estimate of drug-likeness (QED) is 0.108. The fraction of sp³-hybridized carbons (Fsp3) is 0.738. The van der Waals surface area contributed by atoms with Gasteiger partial charge in [0.1, 0.15) is 24.1 Å². The maximum absolute atomic E-state index is 16.9. The first-order valence-corrected chi connectivity index (χ1v) is 30.8. The largest absolute Gasteiger partial charge is 0.469 e. The van der Waals surface area contributed by atoms with Crippen LogP contribution < -0.4 is 5.32 Å². The molecule has 1 aromatic heterocycles. The first kappa shape index (κ1) is 50.9. The molecule has 2 aromatic rings. The van der Waals surface area contributed by atoms with Crippen LogP contribution >= 0.6 is 0 Å². The Hall–Kier alpha value is -4.03. The second-order valence-electron chi connectivity index (χ2n) is 28.0. The van der Waals surface area contributed by atoms with Crippen LogP contribution in [0.4, 0.5) is 0 Å². The summed E-state index contributed by atoms with van der Waals surface area (Å²) in [4.78, 5) is 49.8. The molecule has 13 aliphatic rings. The standard InChI is InChI=1S/C65H82N2O11/c1-59-27-21-51-62-36-75-58(73)61(24-9-10-25-61)57(62)78-60(2,43-15-7-4-8-16-43)53(62)52(70)54(71)64(51)47-31-39(30-38-12-5-3-6-13-38)17-18-40(47)14-11-26-63(59,77-56(72)55-65(59,64)76-55)46-23-29-74-50(46)33-45(49(69)35-68)41-19-20-44-42(32-41)22-28-67-37-66-34-48(44)67/h3,5-6,12-13,22-23,28-29,39-45,47-49,51,53-55,57,66,68-69,71H,4,7-10,15-21,24-27,30-37H2,1-2H3. The number of fused-ring (bicyclic) bond motifs is 5. The van der Waals surface area contributed by atoms with Crippen LogP contribution in [0.5, 0.6) is 0 Å². The zero-order valence-corrected chi connectivity index (χ0v) is 45.9. The average Bonchev–Trinajstić information content (AvgIpc) is 1.62. The highest BCUT2D eigenvalue weighted by molar-refractivity contribution is 5.93. The van der Waals surface area contributed by atoms with Gasteiger partial charge in [0.2, 0.25) is 0 Å². The molecule has 5 saturated heterocycles. The fourth-order valence-electron chi connectivity index (χ4n) is 22.3. The summed E-state index contributed by atoms with van der Waals surface area (Å²) >= 11 is 0. The molecule has 20 atom stereocenters. The number of allylic oxidation sites excluding steroid dienone is 1. The number of rotatable bonds is 9. The SMILES string of the molecule is CC1(C2CCCCC2)OC2C3(CCCC3)C(=O)OCC23C1C(=O)C(O)C12C4CC(Cc5ccccc5)CCC4C#CCC4(c5ccoc5CC(C(O)CO)C5CCC6C(C=CN7CNCC67)C5)OC(=O)C5OC51C4(C)CCC32. The number of ether oxygens (including phenoxy) is 4. The van der Waals surface area contributed by atoms with Crippen LogP contribution in [0, 0.1) is 92.7 Å². The molecule has 6 aliphatic heterocycles. The van der Waals surface area contributed by atoms with Gasteiger partial charge in [-0.2, -0.15) is 0 Å². The van der Waals surface area contributed by atoms with Crippen molar-refractivity contribution in [2.75, 3.05) is 26.4 Å². The summed E-state index contributed by atoms with van der Waals surface area (Å²) < 4.78 is 35.9. The van der Waals surface area contributed by atoms with Gasteiger partial charge in [0.05, 0.1) is 55.1 Å². The Balaban J connectivity index is 0.900. The predicted molar refractivity (Wildman–Crippen MR) is 285 cm³/mol. The molecule has 418 valence electrons. The lowest BCUT2D eigenvalue weighted by molar-refractivity contribution is -0.301. The summed E-state index contributed by atoms with van der Waals surface area (Å²) in [5, 5.41) is 40.6. The highest BCUT2D eigenvalue weighted by Gasteiger charge is 2.96. The van der Waals surface area contributed by atoms with Gasteiger partial charge in [0, 0.05) is 46.7 Å². The Morgan fingerprint density at radius 3 is 2.54 bits per heavy atom. The van der Waals surface area contributed by atoms with E-state index in [1.165, 1.54) is 5.56 Å². The molecule has 4 N–H and O–H groups in total. The Bertz CT molecular complexity index is 2830. The highest BCUT2D eigenvalue weighted by Crippen LogP contribution is 2.85. The van der Waals surface area contributed by atoms with Crippen molar-refractivity contribution >= 4 is 17.7 Å². The molecule has 0 amide bonds. The summed E-state index contributed by atoms with van der Waals surface area (Å²) in [5.74, 6) is 6.27. The average molecular weight is 1070 g/mol. The van der Waals surface area contributed by atoms with Crippen LogP contribution in [0.1, 0.15) is 146 Å². The minimum atomic E-state index is -1.54. The van der Waals surface area contributed by atoms with E-state index >= 15 is 9.59 Å². The van der Waals surface area contributed by atoms with E-state index in [9.17, 15) is 20.1 Å². The Labute approximate surface area is 459 Å². The first-order valence-electron chi connectivity index (χ1n) is 30.8. The summed E-state index contributed by atoms with van der Waals surface area (Å²) in [6, 6.07) is 13.0. The molecular weight excluding hydrogens is 985 g/mol. The molecule has 13 nitrogen and oxygen atoms in total. The molecule has 11 fully saturated rings. The van der Waals surface area contributed by atoms with Crippen LogP contribution in [0.2, 0.25) is 0 Å². The smallest absolute Gasteiger partial charge is 0.339 e. The topological polar surface area (TPSA) is 181 Å². The van der Waals surface area contributed by atoms with Crippen molar-refractivity contribution in [3.05, 3.63) is 71.8 Å². The van der Waals surface area contributed by atoms with E-state index in [4.69, 9.17) is 23.4 Å². The zero-order chi connectivity index (χ0) is 53.2. The van der Waals surface area contributed by atoms with Crippen molar-refractivity contribution in [2.45, 2.75) is 190 Å². The van der Waals surface area contributed by atoms with Gasteiger partial charge in [0.15, 0.2) is 17.5 Å². The molecule has 13 heteroatoms. The van der Waals surface area contributed by atoms with Crippen molar-refractivity contribution in [3.8, 4) is 11.8 Å². The third-order valence-corrected chi connectivity index (χ3v) is 25.4. The lowest BCUT2D eigenvalue weighted by atomic mass is 9.30. The molecule has 1 aromatic carbocycles. The number of nitrogens with one attached hydrogen (secondary N) is 1. The monoisotopic (exact) mass is 1070 g/mol. The van der Waals surface area contributed by atoms with Crippen LogP contribution in [0.3, 0.4) is 0 Å². The van der Waals surface area contributed by atoms with E-state index in [0.717, 1.165) is 96.7 Å². The first-order chi connectivity index (χ1) is 37.8. The van der Waals surface area contributed by atoms with E-state index < -0.39 is 87.3 Å². The van der Waals surface area contributed by atoms with Gasteiger partial charge in [-0.25, -0.2) is 4.79 Å². The summed E-state index contributed by atoms with van der Waals surface area (Å²) in [7, 11) is 0. The number of hydrogen-bond acceptors (Lipinski definition) is 13. The lowest BCUT2D eigenvalue weighted by Gasteiger charge is -2.72. The number of carbonyl (C=O) groups is 3. The third-order valence-electron chi connectivity index (χ3n) is 25.4. The van der Waals surface area contributed by atoms with Crippen molar-refractivity contribution in [3.63, 3.8) is 0 Å². The second-order valence-corrected chi connectivity index (χ2v) is 28.0. The molecule has 15 rings (SSSR count). The van der Waals surface area contributed by atoms with Crippen molar-refractivity contribution < 1.29 is 53.1 Å². The number of cyclic esters (lactones) is 1. The van der Waals surface area contributed by atoms with Crippen LogP contribution in [0.15, 0.2) is 59.4 Å². The van der Waals surface area contributed by atoms with Gasteiger partial charge in [-0.3, -0.25) is 14.9 Å². The predicted octanol–water partition coefficient (Wildman–Crippen LogP) is 7.96. The molecule has 6 saturated carbocycles. The molecule has 20 unspecified atom stereocenters. The van der Waals surface area contributed by atoms with Gasteiger partial charge in [-0.15, -0.1) is 0 Å². The Morgan fingerprint density at radius 2 is 1.73 bits per heavy atom. The van der Waals surface area contributed by atoms with Crippen LogP contribution in [0.25, 0.3) is 0 Å². The van der Waals surface area contributed by atoms with Gasteiger partial charge in [0.25, 0.3) is 0 Å². The van der Waals surface area contributed by atoms with Crippen molar-refractivity contribution in [1.82, 2.24) is 10.2 Å². The summed E-state index contributed by atoms with van der Waals surface area (Å²) in [5.41, 5.74) is -6.28. The Kier molecular flexibility index (Phi) is 11.7. The van der Waals surface area contributed by atoms with Gasteiger partial charge < -0.3 is 43.6 Å². The van der Waals surface area contributed by atoms with E-state index in [2.05, 4.69) is 72.4 Å². The number of hydrogen-bond donors (Lipinski definition) is 4. The van der Waals surface area contributed by atoms with Crippen molar-refractivity contribution in [1.29, 1.82) is 0 Å². The normalized spacial score (nSPS) is 47.2. The number of nitrogens with zero attached hydrogens (tertiary/aromatic N) is 1. The number of aliphatic hydroxyl groups is 3. The number of furan rings is 1. The molecule has 7 heterocycles. The van der Waals surface area contributed by atoms with E-state index in [0.29, 0.717) is 67.7 Å². The Morgan fingerprint density at radius 1 is 0.910 bits per heavy atom. The number of epoxide rings is 1. The molecular formula is C65H82N2O11. The van der Waals surface area contributed by atoms with E-state index in [1.54, 1.807) is 6.26 Å². The summed E-state index contributed by atoms with van der Waals surface area (Å²) in [6.45, 7) is 5.82. The van der Waals surface area contributed by atoms with E-state index in [1.807, 2.05) is 12.1 Å². The number of benzene rings is 1. The van der Waals surface area contributed by atoms with Crippen LogP contribution in [-0.2, 0) is 51.8 Å². The third kappa shape index (κ3) is 6.46. The number of carbonyl (C=O) groups excluding carboxylic acids is 3. The fourth-order valence-corrected chi connectivity index (χ4v) is 22.3. The minimum absolute atomic E-state index is 0.0223. The zero-order valence-electron chi connectivity index (χ0n) is 45.9. The van der Waals surface area contributed by atoms with Crippen molar-refractivity contribution in [2.24, 2.45) is 80.8 Å². The lowest BCUT2D eigenvalue weighted by Crippen LogP contribution is -2.82. The van der Waals surface area contributed by atoms with Gasteiger partial charge >= 0.3 is 11.9 Å². The minimum Gasteiger partial charge on any atom is -0.469 e. The molecule has 0 radical (unpaired) electrons. The number of aliphatic hydroxyl groups excluding tert-OH is 3. The van der Waals surface area contributed by atoms with Crippen LogP contribution in [-0.4, -0.2) is 106 Å². The van der Waals surface area contributed by atoms with Gasteiger partial charge in [-0.1, -0.05) is 87.3 Å². The number of esters is 2. The maximum Gasteiger partial charge on any atom is 0.339 e. The maximum atomic E-state index is 16.9. The number of ketones is 1. The molecule has 4 spiro atoms.